The summed E-state index contributed by atoms with van der Waals surface area (Å²) in [5.41, 5.74) is 0.330. The van der Waals surface area contributed by atoms with Crippen LogP contribution in [0.3, 0.4) is 0 Å². The van der Waals surface area contributed by atoms with Gasteiger partial charge >= 0.3 is 236 Å². The number of ether oxygens (including phenoxy) is 15. The molecule has 0 unspecified atom stereocenters. The minimum absolute atomic E-state index is 0.0792. The number of rotatable bonds is 10. The van der Waals surface area contributed by atoms with Crippen molar-refractivity contribution in [2.45, 2.75) is 222 Å². The first-order valence-corrected chi connectivity index (χ1v) is 31.1. The van der Waals surface area contributed by atoms with Crippen LogP contribution in [0.15, 0.2) is 18.2 Å². The van der Waals surface area contributed by atoms with Crippen molar-refractivity contribution in [3.8, 4) is 0 Å². The van der Waals surface area contributed by atoms with Crippen molar-refractivity contribution in [3.05, 3.63) is 32.9 Å². The number of fused-ring (bicyclic) bond motifs is 8. The summed E-state index contributed by atoms with van der Waals surface area (Å²) in [6.07, 6.45) is -70.8. The Morgan fingerprint density at radius 3 is 0.854 bits per heavy atom. The Bertz CT molecular complexity index is 2450. The average Bonchev–Trinajstić information content (AvgIpc) is 1.59. The van der Waals surface area contributed by atoms with Crippen molar-refractivity contribution < 1.29 is 184 Å². The van der Waals surface area contributed by atoms with Gasteiger partial charge in [0.05, 0.1) is 33.0 Å². The maximum atomic E-state index is 12.3. The second-order valence-electron chi connectivity index (χ2n) is 22.3. The molecule has 38 nitrogen and oxygen atoms in total. The number of carbonyl (C=O) groups is 1. The maximum absolute atomic E-state index is 12.3. The molecule has 0 spiro atoms. The first-order valence-electron chi connectivity index (χ1n) is 28.1. The standard InChI is InChI=1S/C50H75IO38/c52-4-15-35-22(59)28(65)45(75-15)83-37-17(6-54)77-47(30(67)24(37)61)85-39-19(8-56)79-49(32(69)26(39)63)87-41-21(10-58)81-50(42(34(41)71)74-11-12-1-2-13-14(3-12)51(73)89-43(13)72)88-40-20(9-57)80-48(33(70)27(40)64)86-38-18(7-55)78-46(31(68)25(38)62)84-36-16(5-53)76-44(82-35)29(66)23(36)60/h1-3,15-42,44-50,52-71,73H,4-11H2/t15-,16-,17-,18-,19-,20-,21-,22-,23-,24-,25-,26-,27-,28-,29-,30-,31-,32-,33-,34+,35-,36-,37-,38-,39-,40-,41-,42-,44-,45-,46-,47-,48-,49-,50-/m1/s1. The zero-order valence-electron chi connectivity index (χ0n) is 46.3. The molecule has 16 heterocycles. The van der Waals surface area contributed by atoms with Crippen molar-refractivity contribution in [2.75, 3.05) is 46.2 Å². The molecule has 0 saturated carbocycles. The molecule has 16 aliphatic heterocycles. The van der Waals surface area contributed by atoms with Crippen molar-refractivity contribution >= 4 is 26.6 Å². The normalized spacial score (nSPS) is 50.5. The molecule has 89 heavy (non-hydrogen) atoms. The number of hydrogen-bond donors (Lipinski definition) is 21. The van der Waals surface area contributed by atoms with Crippen molar-refractivity contribution in [2.24, 2.45) is 0 Å². The molecule has 17 rings (SSSR count). The summed E-state index contributed by atoms with van der Waals surface area (Å²) in [5.74, 6) is -0.770. The van der Waals surface area contributed by atoms with Gasteiger partial charge in [-0.2, -0.15) is 0 Å². The summed E-state index contributed by atoms with van der Waals surface area (Å²) < 4.78 is 103. The Labute approximate surface area is 510 Å². The summed E-state index contributed by atoms with van der Waals surface area (Å²) in [4.78, 5) is 12.3. The van der Waals surface area contributed by atoms with Gasteiger partial charge in [0.25, 0.3) is 0 Å². The molecule has 0 aromatic heterocycles. The van der Waals surface area contributed by atoms with Gasteiger partial charge in [0, 0.05) is 0 Å². The molecule has 16 aliphatic rings. The van der Waals surface area contributed by atoms with E-state index in [9.17, 15) is 110 Å². The SMILES string of the molecule is O=C1OI(O)c2cc(CO[C@H]3[C@H]4O[C@H]5[C@H](O)[C@@H](O)[C@@H](O[C@H]6[C@H](O)[C@@H](O)[C@@H](O[C@H]7[C@H](O)[C@@H](O)[C@@H](O[C@H]8[C@H](O)[C@@H](O)[C@@H](O[C@H]9[C@H](O)[C@@H](O)[C@@H](O[C@H]%10[C@H](O)[C@@H](O)[C@@H](O[C@@H]([C@@H]3O)[C@@H](CO)O4)O[C@@H]%10CO)O[C@@H]9CO)O[C@@H]8CO)O[C@@H]7CO)O[C@@H]6CO)O[C@@H]5CO)ccc21. The third kappa shape index (κ3) is 13.8. The molecular weight excluding hydrogens is 1340 g/mol. The molecular formula is C50H75IO38. The molecule has 0 amide bonds. The molecule has 1 aromatic carbocycles. The van der Waals surface area contributed by atoms with Crippen molar-refractivity contribution in [1.29, 1.82) is 0 Å². The number of aliphatic hydroxyl groups excluding tert-OH is 20. The Morgan fingerprint density at radius 2 is 0.584 bits per heavy atom. The first kappa shape index (κ1) is 69.8. The minimum atomic E-state index is -3.41. The van der Waals surface area contributed by atoms with Gasteiger partial charge in [-0.25, -0.2) is 0 Å². The van der Waals surface area contributed by atoms with E-state index in [1.54, 1.807) is 0 Å². The van der Waals surface area contributed by atoms with Crippen LogP contribution in [0.2, 0.25) is 0 Å². The third-order valence-corrected chi connectivity index (χ3v) is 19.5. The summed E-state index contributed by atoms with van der Waals surface area (Å²) >= 11 is -3.41. The van der Waals surface area contributed by atoms with E-state index in [1.807, 2.05) is 0 Å². The summed E-state index contributed by atoms with van der Waals surface area (Å²) in [6, 6.07) is 4.13. The van der Waals surface area contributed by atoms with Gasteiger partial charge in [-0.15, -0.1) is 0 Å². The van der Waals surface area contributed by atoms with Crippen LogP contribution in [0, 0.1) is 3.57 Å². The van der Waals surface area contributed by atoms with Crippen LogP contribution in [0.4, 0.5) is 0 Å². The first-order chi connectivity index (χ1) is 42.5. The second-order valence-corrected chi connectivity index (χ2v) is 25.3. The van der Waals surface area contributed by atoms with E-state index in [0.717, 1.165) is 0 Å². The van der Waals surface area contributed by atoms with E-state index in [1.165, 1.54) is 18.2 Å². The van der Waals surface area contributed by atoms with E-state index < -0.39 is 294 Å². The molecule has 1 aromatic rings. The molecule has 510 valence electrons. The Morgan fingerprint density at radius 1 is 0.337 bits per heavy atom. The van der Waals surface area contributed by atoms with E-state index in [-0.39, 0.29) is 14.7 Å². The van der Waals surface area contributed by atoms with E-state index in [0.29, 0.717) is 0 Å². The van der Waals surface area contributed by atoms with Gasteiger partial charge < -0.3 is 114 Å². The topological polar surface area (TPSA) is 590 Å². The fraction of sp³-hybridized carbons (Fsp3) is 0.860. The van der Waals surface area contributed by atoms with Crippen LogP contribution >= 0.6 is 20.6 Å². The van der Waals surface area contributed by atoms with Crippen LogP contribution in [0.5, 0.6) is 0 Å². The third-order valence-electron chi connectivity index (χ3n) is 16.8. The Hall–Kier alpha value is -2.02. The number of aliphatic hydroxyl groups is 20. The molecule has 15 fully saturated rings. The predicted octanol–water partition coefficient (Wildman–Crippen LogP) is -13.3. The van der Waals surface area contributed by atoms with Crippen LogP contribution in [-0.4, -0.2) is 373 Å². The quantitative estimate of drug-likeness (QED) is 0.0967. The van der Waals surface area contributed by atoms with Gasteiger partial charge in [0.2, 0.25) is 0 Å². The number of benzene rings is 1. The number of carbonyl (C=O) groups excluding carboxylic acids is 1. The van der Waals surface area contributed by atoms with Crippen LogP contribution in [0.1, 0.15) is 15.9 Å². The van der Waals surface area contributed by atoms with Crippen LogP contribution < -0.4 is 0 Å². The number of hydrogen-bond acceptors (Lipinski definition) is 38. The van der Waals surface area contributed by atoms with E-state index in [4.69, 9.17) is 74.1 Å². The van der Waals surface area contributed by atoms with Crippen molar-refractivity contribution in [3.63, 3.8) is 0 Å². The molecule has 35 atom stereocenters. The molecule has 21 N–H and O–H groups in total. The summed E-state index contributed by atoms with van der Waals surface area (Å²) in [7, 11) is 0. The van der Waals surface area contributed by atoms with Gasteiger partial charge in [-0.1, -0.05) is 0 Å². The molecule has 0 radical (unpaired) electrons. The summed E-state index contributed by atoms with van der Waals surface area (Å²) in [5, 5.41) is 224. The molecule has 14 bridgehead atoms. The van der Waals surface area contributed by atoms with Gasteiger partial charge in [-0.3, -0.25) is 0 Å². The predicted molar refractivity (Wildman–Crippen MR) is 278 cm³/mol. The zero-order valence-corrected chi connectivity index (χ0v) is 48.5. The fourth-order valence-electron chi connectivity index (χ4n) is 11.9. The Kier molecular flexibility index (Phi) is 23.2. The van der Waals surface area contributed by atoms with E-state index in [2.05, 4.69) is 0 Å². The zero-order chi connectivity index (χ0) is 64.2. The Balaban J connectivity index is 0.959. The van der Waals surface area contributed by atoms with Crippen molar-refractivity contribution in [1.82, 2.24) is 0 Å². The van der Waals surface area contributed by atoms with Crippen LogP contribution in [0.25, 0.3) is 0 Å². The van der Waals surface area contributed by atoms with E-state index >= 15 is 0 Å². The molecule has 0 aliphatic carbocycles. The van der Waals surface area contributed by atoms with Gasteiger partial charge in [-0.05, 0) is 0 Å². The van der Waals surface area contributed by atoms with Crippen LogP contribution in [-0.2, 0) is 80.7 Å². The van der Waals surface area contributed by atoms with Gasteiger partial charge in [0.15, 0.2) is 25.2 Å². The molecule has 15 saturated heterocycles. The number of halogens is 1. The monoisotopic (exact) mass is 1410 g/mol. The summed E-state index contributed by atoms with van der Waals surface area (Å²) in [6.45, 7) is -8.01. The second kappa shape index (κ2) is 29.5. The average molecular weight is 1410 g/mol. The van der Waals surface area contributed by atoms with Gasteiger partial charge in [0.1, 0.15) is 104 Å². The molecule has 39 heteroatoms. The fourth-order valence-corrected chi connectivity index (χ4v) is 14.3.